The molecule has 98 valence electrons. The van der Waals surface area contributed by atoms with Crippen molar-refractivity contribution < 1.29 is 0 Å². The van der Waals surface area contributed by atoms with Gasteiger partial charge >= 0.3 is 0 Å². The number of nitrogens with zero attached hydrogens (tertiary/aromatic N) is 3. The minimum absolute atomic E-state index is 0.779. The maximum absolute atomic E-state index is 4.82. The average molecular weight is 264 g/mol. The van der Waals surface area contributed by atoms with Gasteiger partial charge in [-0.2, -0.15) is 0 Å². The molecule has 0 bridgehead atoms. The molecule has 1 unspecified atom stereocenters. The number of anilines is 1. The first kappa shape index (κ1) is 12.0. The maximum atomic E-state index is 4.82. The zero-order chi connectivity index (χ0) is 12.5. The second-order valence-electron chi connectivity index (χ2n) is 5.16. The fourth-order valence-corrected chi connectivity index (χ4v) is 3.52. The van der Waals surface area contributed by atoms with Crippen LogP contribution in [0.15, 0.2) is 11.6 Å². The molecule has 1 aliphatic rings. The molecule has 18 heavy (non-hydrogen) atoms. The van der Waals surface area contributed by atoms with Crippen LogP contribution in [-0.2, 0) is 6.54 Å². The molecule has 0 aromatic carbocycles. The van der Waals surface area contributed by atoms with E-state index in [1.54, 1.807) is 11.3 Å². The van der Waals surface area contributed by atoms with Crippen LogP contribution in [0.2, 0.25) is 0 Å². The topological polar surface area (TPSA) is 32.6 Å². The van der Waals surface area contributed by atoms with Crippen molar-refractivity contribution in [2.75, 3.05) is 25.0 Å². The standard InChI is InChI=1S/C13H20N4S/c1-10-4-3-5-16(9-10)12-11(8-14-2)17-6-7-18-13(17)15-12/h6-7,10,14H,3-5,8-9H2,1-2H3. The highest BCUT2D eigenvalue weighted by atomic mass is 32.1. The second-order valence-corrected chi connectivity index (χ2v) is 6.03. The maximum Gasteiger partial charge on any atom is 0.195 e. The predicted molar refractivity (Wildman–Crippen MR) is 76.4 cm³/mol. The summed E-state index contributed by atoms with van der Waals surface area (Å²) in [7, 11) is 1.99. The highest BCUT2D eigenvalue weighted by molar-refractivity contribution is 7.15. The number of fused-ring (bicyclic) bond motifs is 1. The number of piperidine rings is 1. The number of rotatable bonds is 3. The molecule has 1 fully saturated rings. The molecule has 0 aliphatic carbocycles. The molecule has 0 radical (unpaired) electrons. The van der Waals surface area contributed by atoms with Gasteiger partial charge in [0, 0.05) is 31.2 Å². The zero-order valence-electron chi connectivity index (χ0n) is 11.0. The van der Waals surface area contributed by atoms with Gasteiger partial charge in [0.15, 0.2) is 10.8 Å². The predicted octanol–water partition coefficient (Wildman–Crippen LogP) is 2.35. The van der Waals surface area contributed by atoms with Crippen molar-refractivity contribution in [3.05, 3.63) is 17.3 Å². The Labute approximate surface area is 112 Å². The van der Waals surface area contributed by atoms with Crippen molar-refractivity contribution in [1.82, 2.24) is 14.7 Å². The molecule has 0 saturated carbocycles. The van der Waals surface area contributed by atoms with Crippen molar-refractivity contribution in [1.29, 1.82) is 0 Å². The van der Waals surface area contributed by atoms with Crippen LogP contribution in [0.5, 0.6) is 0 Å². The molecule has 3 rings (SSSR count). The van der Waals surface area contributed by atoms with Crippen LogP contribution in [0.25, 0.3) is 4.96 Å². The summed E-state index contributed by atoms with van der Waals surface area (Å²) < 4.78 is 2.22. The smallest absolute Gasteiger partial charge is 0.195 e. The Hall–Kier alpha value is -1.07. The Bertz CT molecular complexity index is 530. The molecule has 2 aromatic rings. The number of hydrogen-bond donors (Lipinski definition) is 1. The lowest BCUT2D eigenvalue weighted by molar-refractivity contribution is 0.444. The molecule has 1 atom stereocenters. The van der Waals surface area contributed by atoms with Crippen LogP contribution in [0.1, 0.15) is 25.5 Å². The second kappa shape index (κ2) is 4.90. The van der Waals surface area contributed by atoms with E-state index in [2.05, 4.69) is 33.1 Å². The summed E-state index contributed by atoms with van der Waals surface area (Å²) in [6.45, 7) is 5.49. The molecule has 3 heterocycles. The summed E-state index contributed by atoms with van der Waals surface area (Å²) in [5, 5.41) is 5.36. The van der Waals surface area contributed by atoms with Crippen LogP contribution in [0.4, 0.5) is 5.82 Å². The molecular weight excluding hydrogens is 244 g/mol. The quantitative estimate of drug-likeness (QED) is 0.923. The Morgan fingerprint density at radius 2 is 2.44 bits per heavy atom. The van der Waals surface area contributed by atoms with Crippen LogP contribution in [0, 0.1) is 5.92 Å². The third kappa shape index (κ3) is 2.01. The number of aromatic nitrogens is 2. The van der Waals surface area contributed by atoms with Crippen LogP contribution in [-0.4, -0.2) is 29.5 Å². The van der Waals surface area contributed by atoms with E-state index in [1.807, 2.05) is 7.05 Å². The van der Waals surface area contributed by atoms with E-state index in [1.165, 1.54) is 24.4 Å². The lowest BCUT2D eigenvalue weighted by Crippen LogP contribution is -2.35. The Kier molecular flexibility index (Phi) is 3.26. The summed E-state index contributed by atoms with van der Waals surface area (Å²) >= 11 is 1.71. The molecule has 1 aliphatic heterocycles. The fourth-order valence-electron chi connectivity index (χ4n) is 2.79. The van der Waals surface area contributed by atoms with Gasteiger partial charge < -0.3 is 10.2 Å². The SMILES string of the molecule is CNCc1c(N2CCCC(C)C2)nc2sccn12. The van der Waals surface area contributed by atoms with E-state index in [9.17, 15) is 0 Å². The molecule has 4 nitrogen and oxygen atoms in total. The van der Waals surface area contributed by atoms with Gasteiger partial charge in [-0.05, 0) is 25.8 Å². The minimum Gasteiger partial charge on any atom is -0.355 e. The third-order valence-electron chi connectivity index (χ3n) is 3.64. The molecule has 5 heteroatoms. The van der Waals surface area contributed by atoms with E-state index >= 15 is 0 Å². The molecule has 1 N–H and O–H groups in total. The Morgan fingerprint density at radius 1 is 1.56 bits per heavy atom. The fraction of sp³-hybridized carbons (Fsp3) is 0.615. The molecular formula is C13H20N4S. The summed E-state index contributed by atoms with van der Waals surface area (Å²) in [4.78, 5) is 8.38. The summed E-state index contributed by atoms with van der Waals surface area (Å²) in [6, 6.07) is 0. The monoisotopic (exact) mass is 264 g/mol. The number of imidazole rings is 1. The Morgan fingerprint density at radius 3 is 3.22 bits per heavy atom. The van der Waals surface area contributed by atoms with Crippen LogP contribution < -0.4 is 10.2 Å². The normalized spacial score (nSPS) is 20.8. The van der Waals surface area contributed by atoms with Crippen molar-refractivity contribution in [2.45, 2.75) is 26.3 Å². The van der Waals surface area contributed by atoms with E-state index < -0.39 is 0 Å². The lowest BCUT2D eigenvalue weighted by atomic mass is 10.0. The van der Waals surface area contributed by atoms with Gasteiger partial charge in [0.1, 0.15) is 0 Å². The van der Waals surface area contributed by atoms with Gasteiger partial charge in [-0.25, -0.2) is 4.98 Å². The van der Waals surface area contributed by atoms with Crippen molar-refractivity contribution in [3.63, 3.8) is 0 Å². The van der Waals surface area contributed by atoms with Crippen molar-refractivity contribution >= 4 is 22.1 Å². The largest absolute Gasteiger partial charge is 0.355 e. The molecule has 2 aromatic heterocycles. The van der Waals surface area contributed by atoms with Crippen LogP contribution in [0.3, 0.4) is 0 Å². The summed E-state index contributed by atoms with van der Waals surface area (Å²) in [6.07, 6.45) is 4.75. The summed E-state index contributed by atoms with van der Waals surface area (Å²) in [5.74, 6) is 1.96. The third-order valence-corrected chi connectivity index (χ3v) is 4.40. The highest BCUT2D eigenvalue weighted by Gasteiger charge is 2.22. The molecule has 0 amide bonds. The summed E-state index contributed by atoms with van der Waals surface area (Å²) in [5.41, 5.74) is 1.29. The van der Waals surface area contributed by atoms with Crippen molar-refractivity contribution in [2.24, 2.45) is 5.92 Å². The van der Waals surface area contributed by atoms with E-state index in [4.69, 9.17) is 4.98 Å². The van der Waals surface area contributed by atoms with Gasteiger partial charge in [0.25, 0.3) is 0 Å². The minimum atomic E-state index is 0.779. The van der Waals surface area contributed by atoms with E-state index in [0.29, 0.717) is 0 Å². The molecule has 0 spiro atoms. The Balaban J connectivity index is 1.98. The van der Waals surface area contributed by atoms with Gasteiger partial charge in [-0.3, -0.25) is 4.40 Å². The van der Waals surface area contributed by atoms with E-state index in [-0.39, 0.29) is 0 Å². The van der Waals surface area contributed by atoms with Crippen molar-refractivity contribution in [3.8, 4) is 0 Å². The molecule has 1 saturated heterocycles. The highest BCUT2D eigenvalue weighted by Crippen LogP contribution is 2.28. The van der Waals surface area contributed by atoms with E-state index in [0.717, 1.165) is 30.5 Å². The first-order valence-electron chi connectivity index (χ1n) is 6.63. The first-order valence-corrected chi connectivity index (χ1v) is 7.51. The number of nitrogens with one attached hydrogen (secondary N) is 1. The van der Waals surface area contributed by atoms with Gasteiger partial charge in [-0.1, -0.05) is 6.92 Å². The van der Waals surface area contributed by atoms with Gasteiger partial charge in [-0.15, -0.1) is 11.3 Å². The lowest BCUT2D eigenvalue weighted by Gasteiger charge is -2.31. The zero-order valence-corrected chi connectivity index (χ0v) is 11.8. The van der Waals surface area contributed by atoms with Gasteiger partial charge in [0.2, 0.25) is 0 Å². The van der Waals surface area contributed by atoms with Gasteiger partial charge in [0.05, 0.1) is 5.69 Å². The number of hydrogen-bond acceptors (Lipinski definition) is 4. The van der Waals surface area contributed by atoms with Crippen LogP contribution >= 0.6 is 11.3 Å². The number of thiazole rings is 1. The average Bonchev–Trinajstić information content (AvgIpc) is 2.92. The first-order chi connectivity index (χ1) is 8.79.